The summed E-state index contributed by atoms with van der Waals surface area (Å²) in [5.41, 5.74) is -0.363. The number of rotatable bonds is 12. The first-order chi connectivity index (χ1) is 16.9. The van der Waals surface area contributed by atoms with Crippen LogP contribution in [0.2, 0.25) is 0 Å². The number of carbonyl (C=O) groups is 3. The van der Waals surface area contributed by atoms with Crippen LogP contribution >= 0.6 is 15.9 Å². The second kappa shape index (κ2) is 11.4. The van der Waals surface area contributed by atoms with Gasteiger partial charge < -0.3 is 25.4 Å². The molecule has 192 valence electrons. The quantitative estimate of drug-likeness (QED) is 0.274. The largest absolute Gasteiger partial charge is 0.396 e. The molecule has 2 bridgehead atoms. The van der Waals surface area contributed by atoms with Gasteiger partial charge in [0.15, 0.2) is 0 Å². The lowest BCUT2D eigenvalue weighted by Gasteiger charge is -2.34. The lowest BCUT2D eigenvalue weighted by Crippen LogP contribution is -2.56. The van der Waals surface area contributed by atoms with E-state index in [0.29, 0.717) is 38.0 Å². The maximum atomic E-state index is 13.8. The fourth-order valence-corrected chi connectivity index (χ4v) is 6.91. The Hall–Kier alpha value is -1.97. The molecule has 3 aliphatic rings. The van der Waals surface area contributed by atoms with Crippen molar-refractivity contribution in [3.63, 3.8) is 0 Å². The minimum Gasteiger partial charge on any atom is -0.396 e. The summed E-state index contributed by atoms with van der Waals surface area (Å²) in [6.45, 7) is 3.16. The van der Waals surface area contributed by atoms with Gasteiger partial charge in [-0.3, -0.25) is 14.4 Å². The van der Waals surface area contributed by atoms with Gasteiger partial charge in [-0.2, -0.15) is 0 Å². The number of halogens is 1. The van der Waals surface area contributed by atoms with E-state index in [4.69, 9.17) is 9.84 Å². The van der Waals surface area contributed by atoms with Crippen molar-refractivity contribution in [3.8, 4) is 0 Å². The van der Waals surface area contributed by atoms with Crippen LogP contribution in [-0.2, 0) is 19.1 Å². The monoisotopic (exact) mass is 549 g/mol. The van der Waals surface area contributed by atoms with E-state index in [2.05, 4.69) is 33.5 Å². The van der Waals surface area contributed by atoms with Gasteiger partial charge in [0.05, 0.1) is 17.9 Å². The van der Waals surface area contributed by atoms with Crippen molar-refractivity contribution in [1.82, 2.24) is 10.2 Å². The maximum absolute atomic E-state index is 13.8. The topological polar surface area (TPSA) is 108 Å². The third-order valence-corrected chi connectivity index (χ3v) is 8.36. The molecule has 3 amide bonds. The second-order valence-electron chi connectivity index (χ2n) is 9.83. The van der Waals surface area contributed by atoms with Crippen LogP contribution in [0.3, 0.4) is 0 Å². The zero-order chi connectivity index (χ0) is 25.0. The van der Waals surface area contributed by atoms with Gasteiger partial charge in [-0.25, -0.2) is 0 Å². The number of anilines is 1. The van der Waals surface area contributed by atoms with Gasteiger partial charge in [-0.15, -0.1) is 0 Å². The molecule has 3 fully saturated rings. The number of aliphatic hydroxyl groups is 1. The number of hydrogen-bond acceptors (Lipinski definition) is 5. The van der Waals surface area contributed by atoms with Crippen molar-refractivity contribution >= 4 is 39.3 Å². The normalized spacial score (nSPS) is 31.0. The van der Waals surface area contributed by atoms with Crippen LogP contribution in [0.15, 0.2) is 30.3 Å². The van der Waals surface area contributed by atoms with Crippen molar-refractivity contribution in [3.05, 3.63) is 30.3 Å². The lowest BCUT2D eigenvalue weighted by atomic mass is 9.70. The molecule has 1 aromatic carbocycles. The third-order valence-electron chi connectivity index (χ3n) is 7.52. The Balaban J connectivity index is 1.60. The zero-order valence-electron chi connectivity index (χ0n) is 20.2. The number of ether oxygens (including phenoxy) is 1. The van der Waals surface area contributed by atoms with Crippen LogP contribution in [0.1, 0.15) is 51.9 Å². The highest BCUT2D eigenvalue weighted by Gasteiger charge is 2.76. The summed E-state index contributed by atoms with van der Waals surface area (Å²) in [6, 6.07) is 8.41. The lowest BCUT2D eigenvalue weighted by molar-refractivity contribution is -0.141. The first-order valence-electron chi connectivity index (χ1n) is 12.8. The van der Waals surface area contributed by atoms with Crippen LogP contribution < -0.4 is 10.6 Å². The van der Waals surface area contributed by atoms with Crippen molar-refractivity contribution < 1.29 is 24.2 Å². The van der Waals surface area contributed by atoms with Gasteiger partial charge in [0.1, 0.15) is 11.6 Å². The first kappa shape index (κ1) is 26.1. The van der Waals surface area contributed by atoms with Crippen LogP contribution in [-0.4, -0.2) is 70.0 Å². The van der Waals surface area contributed by atoms with Crippen LogP contribution in [0, 0.1) is 11.8 Å². The predicted molar refractivity (Wildman–Crippen MR) is 136 cm³/mol. The molecule has 3 heterocycles. The zero-order valence-corrected chi connectivity index (χ0v) is 21.8. The molecule has 0 aromatic heterocycles. The van der Waals surface area contributed by atoms with Crippen molar-refractivity contribution in [1.29, 1.82) is 0 Å². The predicted octanol–water partition coefficient (Wildman–Crippen LogP) is 2.84. The minimum atomic E-state index is -1.03. The van der Waals surface area contributed by atoms with E-state index < -0.39 is 29.6 Å². The molecule has 1 aromatic rings. The number of carbonyl (C=O) groups excluding carboxylic acids is 3. The fraction of sp³-hybridized carbons (Fsp3) is 0.654. The number of unbranched alkanes of at least 4 members (excludes halogenated alkanes) is 4. The number of amides is 3. The van der Waals surface area contributed by atoms with Crippen LogP contribution in [0.4, 0.5) is 5.69 Å². The molecule has 35 heavy (non-hydrogen) atoms. The number of benzene rings is 1. The SMILES string of the molecule is CCCCCNC(=O)C1N(CCCCCO)C(=O)[C@@H]2[C@H](C(=O)Nc3ccccc3)[C@H]3OC12CC3Br. The summed E-state index contributed by atoms with van der Waals surface area (Å²) >= 11 is 3.69. The molecule has 3 saturated heterocycles. The minimum absolute atomic E-state index is 0.0969. The number of fused-ring (bicyclic) bond motifs is 1. The van der Waals surface area contributed by atoms with Gasteiger partial charge in [0.2, 0.25) is 17.7 Å². The van der Waals surface area contributed by atoms with Gasteiger partial charge in [0, 0.05) is 30.2 Å². The Morgan fingerprint density at radius 1 is 1.14 bits per heavy atom. The molecular weight excluding hydrogens is 514 g/mol. The Bertz CT molecular complexity index is 916. The second-order valence-corrected chi connectivity index (χ2v) is 11.0. The van der Waals surface area contributed by atoms with Gasteiger partial charge in [-0.1, -0.05) is 53.9 Å². The number of nitrogens with zero attached hydrogens (tertiary/aromatic N) is 1. The number of alkyl halides is 1. The molecule has 1 spiro atoms. The summed E-state index contributed by atoms with van der Waals surface area (Å²) in [7, 11) is 0. The molecule has 4 rings (SSSR count). The standard InChI is InChI=1S/C26H36BrN3O5/c1-2-3-8-13-28-24(33)22-26-16-18(27)21(35-26)19(23(32)29-17-11-6-4-7-12-17)20(26)25(34)30(22)14-9-5-10-15-31/h4,6-7,11-12,18-22,31H,2-3,5,8-10,13-16H2,1H3,(H,28,33)(H,29,32)/t18?,19-,20-,21-,22?,26?/m0/s1. The number of likely N-dealkylation sites (tertiary alicyclic amines) is 1. The third kappa shape index (κ3) is 5.00. The molecule has 0 radical (unpaired) electrons. The smallest absolute Gasteiger partial charge is 0.245 e. The van der Waals surface area contributed by atoms with Crippen LogP contribution in [0.5, 0.6) is 0 Å². The maximum Gasteiger partial charge on any atom is 0.245 e. The van der Waals surface area contributed by atoms with Crippen molar-refractivity contribution in [2.45, 2.75) is 74.4 Å². The first-order valence-corrected chi connectivity index (χ1v) is 13.7. The number of para-hydroxylation sites is 1. The van der Waals surface area contributed by atoms with E-state index in [1.807, 2.05) is 30.3 Å². The summed E-state index contributed by atoms with van der Waals surface area (Å²) in [4.78, 5) is 42.3. The molecule has 3 unspecified atom stereocenters. The summed E-state index contributed by atoms with van der Waals surface area (Å²) in [5.74, 6) is -2.02. The highest BCUT2D eigenvalue weighted by atomic mass is 79.9. The highest BCUT2D eigenvalue weighted by molar-refractivity contribution is 9.09. The van der Waals surface area contributed by atoms with E-state index in [1.54, 1.807) is 4.90 Å². The molecule has 3 N–H and O–H groups in total. The Labute approximate surface area is 215 Å². The molecule has 9 heteroatoms. The van der Waals surface area contributed by atoms with E-state index in [0.717, 1.165) is 25.7 Å². The van der Waals surface area contributed by atoms with E-state index in [-0.39, 0.29) is 29.2 Å². The molecule has 6 atom stereocenters. The van der Waals surface area contributed by atoms with Gasteiger partial charge in [-0.05, 0) is 44.2 Å². The van der Waals surface area contributed by atoms with E-state index in [1.165, 1.54) is 0 Å². The van der Waals surface area contributed by atoms with Crippen molar-refractivity contribution in [2.24, 2.45) is 11.8 Å². The number of nitrogens with one attached hydrogen (secondary N) is 2. The molecule has 0 saturated carbocycles. The van der Waals surface area contributed by atoms with Gasteiger partial charge in [0.25, 0.3) is 0 Å². The van der Waals surface area contributed by atoms with Crippen LogP contribution in [0.25, 0.3) is 0 Å². The fourth-order valence-electron chi connectivity index (χ4n) is 5.97. The van der Waals surface area contributed by atoms with Gasteiger partial charge >= 0.3 is 0 Å². The summed E-state index contributed by atoms with van der Waals surface area (Å²) in [5, 5.41) is 15.1. The highest BCUT2D eigenvalue weighted by Crippen LogP contribution is 2.60. The van der Waals surface area contributed by atoms with Crippen molar-refractivity contribution in [2.75, 3.05) is 25.0 Å². The average molecular weight is 550 g/mol. The summed E-state index contributed by atoms with van der Waals surface area (Å²) < 4.78 is 6.49. The number of hydrogen-bond donors (Lipinski definition) is 3. The Kier molecular flexibility index (Phi) is 8.50. The molecule has 8 nitrogen and oxygen atoms in total. The van der Waals surface area contributed by atoms with E-state index >= 15 is 0 Å². The Morgan fingerprint density at radius 2 is 1.91 bits per heavy atom. The molecule has 0 aliphatic carbocycles. The Morgan fingerprint density at radius 3 is 2.63 bits per heavy atom. The molecule has 3 aliphatic heterocycles. The average Bonchev–Trinajstić information content (AvgIpc) is 3.43. The van der Waals surface area contributed by atoms with E-state index in [9.17, 15) is 14.4 Å². The molecular formula is C26H36BrN3O5. The summed E-state index contributed by atoms with van der Waals surface area (Å²) in [6.07, 6.45) is 5.06. The number of aliphatic hydroxyl groups excluding tert-OH is 1.